The normalized spacial score (nSPS) is 49.7. The van der Waals surface area contributed by atoms with Crippen LogP contribution < -0.4 is 0 Å². The number of hydrogen-bond donors (Lipinski definition) is 3. The summed E-state index contributed by atoms with van der Waals surface area (Å²) in [4.78, 5) is 0. The second-order valence-electron chi connectivity index (χ2n) is 7.52. The van der Waals surface area contributed by atoms with Crippen LogP contribution in [0.25, 0.3) is 0 Å². The molecule has 0 unspecified atom stereocenters. The van der Waals surface area contributed by atoms with Gasteiger partial charge in [-0.3, -0.25) is 0 Å². The van der Waals surface area contributed by atoms with Crippen LogP contribution in [0.1, 0.15) is 40.0 Å². The second-order valence-corrected chi connectivity index (χ2v) is 7.52. The molecule has 3 N–H and O–H groups in total. The van der Waals surface area contributed by atoms with Gasteiger partial charge >= 0.3 is 0 Å². The van der Waals surface area contributed by atoms with E-state index in [-0.39, 0.29) is 23.4 Å². The van der Waals surface area contributed by atoms with E-state index in [1.165, 1.54) is 0 Å². The highest BCUT2D eigenvalue weighted by atomic mass is 16.3. The van der Waals surface area contributed by atoms with Crippen molar-refractivity contribution in [3.05, 3.63) is 11.1 Å². The van der Waals surface area contributed by atoms with Gasteiger partial charge in [0.05, 0.1) is 18.8 Å². The third-order valence-electron chi connectivity index (χ3n) is 5.74. The van der Waals surface area contributed by atoms with Crippen LogP contribution in [0.5, 0.6) is 0 Å². The van der Waals surface area contributed by atoms with Crippen molar-refractivity contribution in [2.45, 2.75) is 52.2 Å². The Morgan fingerprint density at radius 3 is 2.33 bits per heavy atom. The Hall–Kier alpha value is -0.380. The molecular weight excluding hydrogens is 228 g/mol. The summed E-state index contributed by atoms with van der Waals surface area (Å²) >= 11 is 0. The van der Waals surface area contributed by atoms with Gasteiger partial charge in [-0.2, -0.15) is 0 Å². The molecule has 3 aliphatic rings. The zero-order valence-corrected chi connectivity index (χ0v) is 11.5. The molecule has 0 saturated heterocycles. The zero-order chi connectivity index (χ0) is 13.3. The maximum absolute atomic E-state index is 10.5. The van der Waals surface area contributed by atoms with E-state index in [2.05, 4.69) is 20.8 Å². The molecule has 3 rings (SSSR count). The molecule has 0 aromatic carbocycles. The van der Waals surface area contributed by atoms with Crippen LogP contribution in [0.15, 0.2) is 11.1 Å². The first-order valence-electron chi connectivity index (χ1n) is 7.00. The fourth-order valence-corrected chi connectivity index (χ4v) is 5.03. The first kappa shape index (κ1) is 12.6. The summed E-state index contributed by atoms with van der Waals surface area (Å²) in [5.74, 6) is 0.708. The quantitative estimate of drug-likeness (QED) is 0.619. The molecule has 3 nitrogen and oxygen atoms in total. The van der Waals surface area contributed by atoms with Crippen molar-refractivity contribution in [2.24, 2.45) is 22.7 Å². The minimum atomic E-state index is -0.556. The Balaban J connectivity index is 2.05. The smallest absolute Gasteiger partial charge is 0.0807 e. The van der Waals surface area contributed by atoms with Crippen LogP contribution in [-0.4, -0.2) is 34.1 Å². The van der Waals surface area contributed by atoms with Gasteiger partial charge in [-0.1, -0.05) is 20.8 Å². The lowest BCUT2D eigenvalue weighted by Gasteiger charge is -2.57. The summed E-state index contributed by atoms with van der Waals surface area (Å²) in [5, 5.41) is 30.0. The molecule has 102 valence electrons. The molecule has 3 heteroatoms. The molecule has 2 saturated carbocycles. The van der Waals surface area contributed by atoms with E-state index >= 15 is 0 Å². The molecule has 3 aliphatic carbocycles. The summed E-state index contributed by atoms with van der Waals surface area (Å²) in [6.07, 6.45) is 1.91. The molecule has 0 aromatic heterocycles. The molecule has 0 heterocycles. The average Bonchev–Trinajstić information content (AvgIpc) is 2.60. The Morgan fingerprint density at radius 1 is 1.11 bits per heavy atom. The Labute approximate surface area is 109 Å². The summed E-state index contributed by atoms with van der Waals surface area (Å²) in [6.45, 7) is 6.60. The van der Waals surface area contributed by atoms with Crippen LogP contribution >= 0.6 is 0 Å². The molecule has 0 radical (unpaired) electrons. The predicted octanol–water partition coefficient (Wildman–Crippen LogP) is 1.47. The molecular formula is C15H24O3. The molecule has 0 aromatic rings. The fraction of sp³-hybridized carbons (Fsp3) is 0.867. The predicted molar refractivity (Wildman–Crippen MR) is 68.8 cm³/mol. The fourth-order valence-electron chi connectivity index (χ4n) is 5.03. The molecule has 0 spiro atoms. The van der Waals surface area contributed by atoms with E-state index < -0.39 is 12.2 Å². The first-order valence-corrected chi connectivity index (χ1v) is 7.00. The van der Waals surface area contributed by atoms with E-state index in [0.29, 0.717) is 11.5 Å². The zero-order valence-electron chi connectivity index (χ0n) is 11.5. The van der Waals surface area contributed by atoms with Gasteiger partial charge in [0.2, 0.25) is 0 Å². The number of hydrogen-bond acceptors (Lipinski definition) is 3. The molecule has 0 amide bonds. The van der Waals surface area contributed by atoms with Gasteiger partial charge in [0.1, 0.15) is 0 Å². The lowest BCUT2D eigenvalue weighted by Crippen LogP contribution is -2.55. The third kappa shape index (κ3) is 1.41. The van der Waals surface area contributed by atoms with Crippen LogP contribution in [0.2, 0.25) is 0 Å². The van der Waals surface area contributed by atoms with Crippen molar-refractivity contribution in [1.29, 1.82) is 0 Å². The minimum Gasteiger partial charge on any atom is -0.392 e. The minimum absolute atomic E-state index is 0.00907. The highest BCUT2D eigenvalue weighted by molar-refractivity contribution is 5.41. The van der Waals surface area contributed by atoms with Crippen molar-refractivity contribution in [1.82, 2.24) is 0 Å². The highest BCUT2D eigenvalue weighted by Crippen LogP contribution is 2.66. The van der Waals surface area contributed by atoms with Crippen LogP contribution in [-0.2, 0) is 0 Å². The van der Waals surface area contributed by atoms with Crippen molar-refractivity contribution in [3.8, 4) is 0 Å². The van der Waals surface area contributed by atoms with Gasteiger partial charge < -0.3 is 15.3 Å². The third-order valence-corrected chi connectivity index (χ3v) is 5.74. The largest absolute Gasteiger partial charge is 0.392 e. The van der Waals surface area contributed by atoms with Crippen molar-refractivity contribution in [3.63, 3.8) is 0 Å². The van der Waals surface area contributed by atoms with Gasteiger partial charge in [-0.05, 0) is 53.1 Å². The summed E-state index contributed by atoms with van der Waals surface area (Å²) in [7, 11) is 0. The molecule has 0 bridgehead atoms. The van der Waals surface area contributed by atoms with E-state index in [4.69, 9.17) is 0 Å². The number of aliphatic hydroxyl groups excluding tert-OH is 3. The van der Waals surface area contributed by atoms with Gasteiger partial charge in [0, 0.05) is 0 Å². The van der Waals surface area contributed by atoms with Crippen LogP contribution in [0.3, 0.4) is 0 Å². The van der Waals surface area contributed by atoms with Crippen molar-refractivity contribution in [2.75, 3.05) is 6.61 Å². The summed E-state index contributed by atoms with van der Waals surface area (Å²) in [6, 6.07) is 0. The Kier molecular flexibility index (Phi) is 2.52. The van der Waals surface area contributed by atoms with E-state index in [1.54, 1.807) is 0 Å². The Morgan fingerprint density at radius 2 is 1.78 bits per heavy atom. The highest BCUT2D eigenvalue weighted by Gasteiger charge is 2.61. The summed E-state index contributed by atoms with van der Waals surface area (Å²) in [5.41, 5.74) is 1.91. The van der Waals surface area contributed by atoms with E-state index in [9.17, 15) is 15.3 Å². The Bertz CT molecular complexity index is 412. The summed E-state index contributed by atoms with van der Waals surface area (Å²) < 4.78 is 0. The lowest BCUT2D eigenvalue weighted by molar-refractivity contribution is -0.0451. The molecule has 18 heavy (non-hydrogen) atoms. The molecule has 2 fully saturated rings. The van der Waals surface area contributed by atoms with E-state index in [1.807, 2.05) is 0 Å². The van der Waals surface area contributed by atoms with Crippen molar-refractivity contribution < 1.29 is 15.3 Å². The second kappa shape index (κ2) is 3.59. The molecule has 5 atom stereocenters. The maximum atomic E-state index is 10.5. The van der Waals surface area contributed by atoms with Gasteiger partial charge in [-0.15, -0.1) is 0 Å². The standard InChI is InChI=1S/C15H24O3/c1-14(2)4-8-10(5-14)15(3)6-11(17)12(15)9(7-16)13(8)18/h8,10-11,13,16-18H,4-7H2,1-3H3/t8-,10+,11-,13+,15-/m1/s1. The first-order chi connectivity index (χ1) is 8.30. The maximum Gasteiger partial charge on any atom is 0.0807 e. The van der Waals surface area contributed by atoms with Gasteiger partial charge in [0.25, 0.3) is 0 Å². The van der Waals surface area contributed by atoms with Crippen LogP contribution in [0.4, 0.5) is 0 Å². The van der Waals surface area contributed by atoms with E-state index in [0.717, 1.165) is 24.8 Å². The lowest BCUT2D eigenvalue weighted by atomic mass is 9.49. The topological polar surface area (TPSA) is 60.7 Å². The SMILES string of the molecule is CC1(C)C[C@H]2[C@H](O)C(CO)=C3[C@H](O)C[C@]3(C)[C@H]2C1. The average molecular weight is 252 g/mol. The number of rotatable bonds is 1. The van der Waals surface area contributed by atoms with Crippen LogP contribution in [0, 0.1) is 22.7 Å². The van der Waals surface area contributed by atoms with Gasteiger partial charge in [-0.25, -0.2) is 0 Å². The number of aliphatic hydroxyl groups is 3. The number of fused-ring (bicyclic) bond motifs is 3. The van der Waals surface area contributed by atoms with Crippen molar-refractivity contribution >= 4 is 0 Å². The monoisotopic (exact) mass is 252 g/mol. The van der Waals surface area contributed by atoms with Gasteiger partial charge in [0.15, 0.2) is 0 Å². The molecule has 0 aliphatic heterocycles.